The number of fused-ring (bicyclic) bond motifs is 1. The lowest BCUT2D eigenvalue weighted by atomic mass is 10.1. The average Bonchev–Trinajstić information content (AvgIpc) is 3.04. The van der Waals surface area contributed by atoms with E-state index in [1.165, 1.54) is 11.1 Å². The second-order valence-electron chi connectivity index (χ2n) is 5.24. The van der Waals surface area contributed by atoms with Crippen molar-refractivity contribution in [3.63, 3.8) is 0 Å². The topological polar surface area (TPSA) is 53.7 Å². The number of thiophene rings is 1. The fourth-order valence-corrected chi connectivity index (χ4v) is 3.39. The number of aliphatic hydroxyl groups excluding tert-OH is 1. The highest BCUT2D eigenvalue weighted by Crippen LogP contribution is 2.18. The number of hydrogen-bond donors (Lipinski definition) is 1. The van der Waals surface area contributed by atoms with Crippen LogP contribution in [0.3, 0.4) is 0 Å². The first-order chi connectivity index (χ1) is 11.2. The van der Waals surface area contributed by atoms with Gasteiger partial charge in [-0.1, -0.05) is 17.7 Å². The molecule has 0 aliphatic rings. The molecule has 0 aliphatic heterocycles. The summed E-state index contributed by atoms with van der Waals surface area (Å²) in [5.74, 6) is 0. The molecule has 3 aromatic rings. The second kappa shape index (κ2) is 7.27. The van der Waals surface area contributed by atoms with E-state index in [9.17, 15) is 9.90 Å². The number of rotatable bonds is 6. The maximum atomic E-state index is 12.6. The third-order valence-electron chi connectivity index (χ3n) is 3.58. The van der Waals surface area contributed by atoms with Gasteiger partial charge in [0.2, 0.25) is 0 Å². The van der Waals surface area contributed by atoms with Crippen molar-refractivity contribution in [3.05, 3.63) is 67.7 Å². The molecule has 0 saturated heterocycles. The molecule has 0 fully saturated rings. The number of halogens is 1. The average molecular weight is 350 g/mol. The largest absolute Gasteiger partial charge is 0.464 e. The van der Waals surface area contributed by atoms with Crippen molar-refractivity contribution in [3.8, 4) is 0 Å². The Labute approximate surface area is 142 Å². The van der Waals surface area contributed by atoms with Crippen LogP contribution in [0.15, 0.2) is 51.2 Å². The predicted molar refractivity (Wildman–Crippen MR) is 93.0 cm³/mol. The monoisotopic (exact) mass is 349 g/mol. The van der Waals surface area contributed by atoms with Crippen LogP contribution in [0, 0.1) is 0 Å². The minimum atomic E-state index is -0.0807. The van der Waals surface area contributed by atoms with E-state index in [0.29, 0.717) is 41.2 Å². The molecule has 4 nitrogen and oxygen atoms in total. The molecule has 1 N–H and O–H groups in total. The molecular formula is C17H16ClNO3S. The van der Waals surface area contributed by atoms with E-state index in [1.54, 1.807) is 29.5 Å². The van der Waals surface area contributed by atoms with Gasteiger partial charge >= 0.3 is 0 Å². The summed E-state index contributed by atoms with van der Waals surface area (Å²) in [6, 6.07) is 9.05. The van der Waals surface area contributed by atoms with Crippen molar-refractivity contribution in [2.75, 3.05) is 13.2 Å². The molecule has 6 heteroatoms. The van der Waals surface area contributed by atoms with Crippen molar-refractivity contribution in [1.29, 1.82) is 0 Å². The highest BCUT2D eigenvalue weighted by Gasteiger charge is 2.13. The summed E-state index contributed by atoms with van der Waals surface area (Å²) in [5.41, 5.74) is 1.00. The van der Waals surface area contributed by atoms with Crippen LogP contribution in [0.1, 0.15) is 10.4 Å². The number of nitrogens with zero attached hydrogens (tertiary/aromatic N) is 1. The van der Waals surface area contributed by atoms with E-state index < -0.39 is 0 Å². The van der Waals surface area contributed by atoms with Crippen LogP contribution in [-0.4, -0.2) is 23.2 Å². The van der Waals surface area contributed by atoms with Crippen LogP contribution >= 0.6 is 22.9 Å². The first kappa shape index (κ1) is 16.2. The first-order valence-electron chi connectivity index (χ1n) is 7.23. The SMILES string of the molecule is O=c1c(CN(CCO)Cc2cccs2)coc2ccc(Cl)cc12. The number of benzene rings is 1. The molecule has 0 unspecified atom stereocenters. The van der Waals surface area contributed by atoms with Crippen LogP contribution in [0.4, 0.5) is 0 Å². The zero-order valence-electron chi connectivity index (χ0n) is 12.4. The number of aliphatic hydroxyl groups is 1. The Balaban J connectivity index is 1.89. The summed E-state index contributed by atoms with van der Waals surface area (Å²) < 4.78 is 5.55. The van der Waals surface area contributed by atoms with Gasteiger partial charge in [-0.05, 0) is 29.6 Å². The number of hydrogen-bond acceptors (Lipinski definition) is 5. The van der Waals surface area contributed by atoms with Gasteiger partial charge in [-0.2, -0.15) is 0 Å². The van der Waals surface area contributed by atoms with E-state index in [0.717, 1.165) is 0 Å². The molecule has 1 aromatic carbocycles. The Morgan fingerprint density at radius 1 is 1.26 bits per heavy atom. The summed E-state index contributed by atoms with van der Waals surface area (Å²) in [7, 11) is 0. The van der Waals surface area contributed by atoms with Crippen molar-refractivity contribution in [1.82, 2.24) is 4.90 Å². The molecule has 2 aromatic heterocycles. The Morgan fingerprint density at radius 2 is 2.13 bits per heavy atom. The summed E-state index contributed by atoms with van der Waals surface area (Å²) >= 11 is 7.62. The van der Waals surface area contributed by atoms with Gasteiger partial charge < -0.3 is 9.52 Å². The maximum Gasteiger partial charge on any atom is 0.197 e. The molecule has 0 bridgehead atoms. The Hall–Kier alpha value is -1.66. The fraction of sp³-hybridized carbons (Fsp3) is 0.235. The Bertz CT molecular complexity index is 845. The third kappa shape index (κ3) is 3.82. The van der Waals surface area contributed by atoms with Gasteiger partial charge in [0, 0.05) is 35.1 Å². The molecule has 23 heavy (non-hydrogen) atoms. The van der Waals surface area contributed by atoms with Gasteiger partial charge in [-0.15, -0.1) is 11.3 Å². The van der Waals surface area contributed by atoms with Gasteiger partial charge in [0.15, 0.2) is 5.43 Å². The molecule has 0 amide bonds. The minimum absolute atomic E-state index is 0.0378. The lowest BCUT2D eigenvalue weighted by Gasteiger charge is -2.20. The summed E-state index contributed by atoms with van der Waals surface area (Å²) in [4.78, 5) is 15.8. The van der Waals surface area contributed by atoms with Gasteiger partial charge in [-0.3, -0.25) is 9.69 Å². The van der Waals surface area contributed by atoms with Crippen molar-refractivity contribution < 1.29 is 9.52 Å². The second-order valence-corrected chi connectivity index (χ2v) is 6.71. The zero-order valence-corrected chi connectivity index (χ0v) is 13.9. The highest BCUT2D eigenvalue weighted by molar-refractivity contribution is 7.09. The van der Waals surface area contributed by atoms with Crippen LogP contribution in [0.2, 0.25) is 5.02 Å². The summed E-state index contributed by atoms with van der Waals surface area (Å²) in [5, 5.41) is 12.3. The molecule has 0 saturated carbocycles. The predicted octanol–water partition coefficient (Wildman–Crippen LogP) is 3.50. The maximum absolute atomic E-state index is 12.6. The molecule has 3 rings (SSSR count). The van der Waals surface area contributed by atoms with Gasteiger partial charge in [-0.25, -0.2) is 0 Å². The minimum Gasteiger partial charge on any atom is -0.464 e. The standard InChI is InChI=1S/C17H16ClNO3S/c18-13-3-4-16-15(8-13)17(21)12(11-22-16)9-19(5-6-20)10-14-2-1-7-23-14/h1-4,7-8,11,20H,5-6,9-10H2. The van der Waals surface area contributed by atoms with E-state index in [-0.39, 0.29) is 12.0 Å². The molecule has 120 valence electrons. The molecule has 0 atom stereocenters. The Kier molecular flexibility index (Phi) is 5.13. The van der Waals surface area contributed by atoms with E-state index in [2.05, 4.69) is 0 Å². The first-order valence-corrected chi connectivity index (χ1v) is 8.48. The third-order valence-corrected chi connectivity index (χ3v) is 4.67. The molecule has 0 radical (unpaired) electrons. The van der Waals surface area contributed by atoms with Crippen LogP contribution in [0.25, 0.3) is 11.0 Å². The van der Waals surface area contributed by atoms with Crippen molar-refractivity contribution in [2.24, 2.45) is 0 Å². The van der Waals surface area contributed by atoms with E-state index >= 15 is 0 Å². The smallest absolute Gasteiger partial charge is 0.197 e. The molecular weight excluding hydrogens is 334 g/mol. The molecule has 0 spiro atoms. The lowest BCUT2D eigenvalue weighted by molar-refractivity contribution is 0.184. The molecule has 0 aliphatic carbocycles. The van der Waals surface area contributed by atoms with Gasteiger partial charge in [0.25, 0.3) is 0 Å². The van der Waals surface area contributed by atoms with E-state index in [1.807, 2.05) is 22.4 Å². The van der Waals surface area contributed by atoms with Crippen molar-refractivity contribution in [2.45, 2.75) is 13.1 Å². The van der Waals surface area contributed by atoms with Crippen molar-refractivity contribution >= 4 is 33.9 Å². The Morgan fingerprint density at radius 3 is 2.87 bits per heavy atom. The quantitative estimate of drug-likeness (QED) is 0.740. The normalized spacial score (nSPS) is 11.4. The van der Waals surface area contributed by atoms with Crippen LogP contribution < -0.4 is 5.43 Å². The van der Waals surface area contributed by atoms with Crippen LogP contribution in [-0.2, 0) is 13.1 Å². The van der Waals surface area contributed by atoms with Gasteiger partial charge in [0.1, 0.15) is 5.58 Å². The zero-order chi connectivity index (χ0) is 16.2. The summed E-state index contributed by atoms with van der Waals surface area (Å²) in [6.07, 6.45) is 1.50. The fourth-order valence-electron chi connectivity index (χ4n) is 2.47. The lowest BCUT2D eigenvalue weighted by Crippen LogP contribution is -2.28. The van der Waals surface area contributed by atoms with E-state index in [4.69, 9.17) is 16.0 Å². The highest BCUT2D eigenvalue weighted by atomic mass is 35.5. The van der Waals surface area contributed by atoms with Gasteiger partial charge in [0.05, 0.1) is 18.3 Å². The molecule has 2 heterocycles. The van der Waals surface area contributed by atoms with Crippen LogP contribution in [0.5, 0.6) is 0 Å². The summed E-state index contributed by atoms with van der Waals surface area (Å²) in [6.45, 7) is 1.63.